The van der Waals surface area contributed by atoms with E-state index < -0.39 is 18.2 Å². The summed E-state index contributed by atoms with van der Waals surface area (Å²) >= 11 is 13.2. The molecule has 0 unspecified atom stereocenters. The number of fused-ring (bicyclic) bond motifs is 2. The predicted molar refractivity (Wildman–Crippen MR) is 159 cm³/mol. The zero-order valence-corrected chi connectivity index (χ0v) is 24.7. The maximum Gasteiger partial charge on any atom is 0.289 e. The van der Waals surface area contributed by atoms with Crippen LogP contribution < -0.4 is 10.6 Å². The number of carbonyl (C=O) groups is 2. The number of hydrogen-bond donors (Lipinski definition) is 4. The number of guanidine groups is 1. The maximum absolute atomic E-state index is 13.3. The molecule has 0 spiro atoms. The number of benzene rings is 2. The number of aliphatic hydroxyl groups excluding tert-OH is 1. The zero-order chi connectivity index (χ0) is 30.7. The van der Waals surface area contributed by atoms with Gasteiger partial charge < -0.3 is 34.5 Å². The highest BCUT2D eigenvalue weighted by molar-refractivity contribution is 6.40. The molecule has 226 valence electrons. The maximum atomic E-state index is 13.3. The number of furan rings is 1. The van der Waals surface area contributed by atoms with Crippen molar-refractivity contribution >= 4 is 51.9 Å². The van der Waals surface area contributed by atoms with Crippen molar-refractivity contribution in [1.29, 1.82) is 5.26 Å². The van der Waals surface area contributed by atoms with Gasteiger partial charge >= 0.3 is 0 Å². The summed E-state index contributed by atoms with van der Waals surface area (Å²) in [6.45, 7) is 1.40. The van der Waals surface area contributed by atoms with Crippen molar-refractivity contribution < 1.29 is 29.0 Å². The molecule has 14 heteroatoms. The van der Waals surface area contributed by atoms with E-state index in [0.29, 0.717) is 42.8 Å². The molecule has 2 atom stereocenters. The van der Waals surface area contributed by atoms with Crippen LogP contribution in [0, 0.1) is 11.5 Å². The lowest BCUT2D eigenvalue weighted by atomic mass is 9.96. The van der Waals surface area contributed by atoms with E-state index in [1.54, 1.807) is 35.1 Å². The normalized spacial score (nSPS) is 17.6. The topological polar surface area (TPSA) is 164 Å². The van der Waals surface area contributed by atoms with Crippen molar-refractivity contribution in [3.63, 3.8) is 0 Å². The van der Waals surface area contributed by atoms with Crippen molar-refractivity contribution in [3.8, 4) is 6.19 Å². The summed E-state index contributed by atoms with van der Waals surface area (Å²) in [4.78, 5) is 34.3. The first-order valence-electron chi connectivity index (χ1n) is 13.6. The van der Waals surface area contributed by atoms with Gasteiger partial charge in [-0.15, -0.1) is 0 Å². The molecule has 4 N–H and O–H groups in total. The molecule has 12 nitrogen and oxygen atoms in total. The van der Waals surface area contributed by atoms with Gasteiger partial charge in [0.05, 0.1) is 34.3 Å². The number of carbonyl (C=O) groups excluding carboxylic acids is 2. The van der Waals surface area contributed by atoms with Crippen LogP contribution in [0.1, 0.15) is 38.5 Å². The molecule has 1 fully saturated rings. The van der Waals surface area contributed by atoms with Gasteiger partial charge in [-0.1, -0.05) is 41.4 Å². The van der Waals surface area contributed by atoms with Gasteiger partial charge in [0.2, 0.25) is 5.96 Å². The highest BCUT2D eigenvalue weighted by Gasteiger charge is 2.31. The molecule has 1 aromatic heterocycles. The van der Waals surface area contributed by atoms with Gasteiger partial charge in [0.1, 0.15) is 5.58 Å². The lowest BCUT2D eigenvalue weighted by Gasteiger charge is -2.30. The van der Waals surface area contributed by atoms with Gasteiger partial charge in [0.15, 0.2) is 18.2 Å². The van der Waals surface area contributed by atoms with E-state index in [-0.39, 0.29) is 52.4 Å². The highest BCUT2D eigenvalue weighted by atomic mass is 35.5. The van der Waals surface area contributed by atoms with Gasteiger partial charge in [0.25, 0.3) is 11.8 Å². The Morgan fingerprint density at radius 3 is 2.72 bits per heavy atom. The van der Waals surface area contributed by atoms with E-state index in [1.807, 2.05) is 24.4 Å². The smallest absolute Gasteiger partial charge is 0.289 e. The average Bonchev–Trinajstić information content (AvgIpc) is 3.65. The molecular weight excluding hydrogens is 599 g/mol. The Kier molecular flexibility index (Phi) is 9.39. The minimum atomic E-state index is -1.96. The number of amides is 2. The third kappa shape index (κ3) is 6.56. The van der Waals surface area contributed by atoms with E-state index in [1.165, 1.54) is 0 Å². The Morgan fingerprint density at radius 1 is 1.23 bits per heavy atom. The largest absolute Gasteiger partial charge is 0.451 e. The van der Waals surface area contributed by atoms with E-state index >= 15 is 0 Å². The number of nitriles is 1. The second kappa shape index (κ2) is 13.2. The first-order chi connectivity index (χ1) is 20.7. The average molecular weight is 630 g/mol. The summed E-state index contributed by atoms with van der Waals surface area (Å²) < 4.78 is 11.1. The molecular formula is C29H30Cl2N6O6. The van der Waals surface area contributed by atoms with Crippen molar-refractivity contribution in [1.82, 2.24) is 20.4 Å². The van der Waals surface area contributed by atoms with E-state index in [9.17, 15) is 19.8 Å². The summed E-state index contributed by atoms with van der Waals surface area (Å²) in [5, 5.41) is 35.2. The van der Waals surface area contributed by atoms with E-state index in [2.05, 4.69) is 15.6 Å². The van der Waals surface area contributed by atoms with Crippen LogP contribution in [-0.4, -0.2) is 89.5 Å². The molecule has 3 aromatic rings. The van der Waals surface area contributed by atoms with Crippen LogP contribution in [0.15, 0.2) is 45.8 Å². The summed E-state index contributed by atoms with van der Waals surface area (Å²) in [7, 11) is 1.60. The molecule has 2 aliphatic heterocycles. The van der Waals surface area contributed by atoms with Crippen LogP contribution in [0.25, 0.3) is 11.0 Å². The number of rotatable bonds is 7. The summed E-state index contributed by atoms with van der Waals surface area (Å²) in [6.07, 6.45) is 0.956. The predicted octanol–water partition coefficient (Wildman–Crippen LogP) is 2.49. The highest BCUT2D eigenvalue weighted by Crippen LogP contribution is 2.35. The minimum Gasteiger partial charge on any atom is -0.451 e. The van der Waals surface area contributed by atoms with Crippen LogP contribution >= 0.6 is 23.2 Å². The second-order valence-corrected chi connectivity index (χ2v) is 11.1. The fourth-order valence-electron chi connectivity index (χ4n) is 5.30. The standard InChI is InChI=1S/C29H30Cl2N6O6/c1-42-18-6-8-37(14-18)29(34-15-32)33-12-21(28(40)41)35-26(38)24-20(30)10-17-13-36(9-7-19(17)25(24)31)27(39)23-11-16-4-2-3-5-22(16)43-23/h2-5,10-11,18,21,28,40-41H,6-9,12-14H2,1H3,(H,33,34)(H,35,38)/t18-,21-/m0/s1. The summed E-state index contributed by atoms with van der Waals surface area (Å²) in [5.41, 5.74) is 1.96. The van der Waals surface area contributed by atoms with Crippen molar-refractivity contribution in [2.75, 3.05) is 33.3 Å². The van der Waals surface area contributed by atoms with Gasteiger partial charge in [0, 0.05) is 38.7 Å². The summed E-state index contributed by atoms with van der Waals surface area (Å²) in [5.74, 6) is -0.533. The molecule has 2 aromatic carbocycles. The molecule has 5 rings (SSSR count). The number of aliphatic hydroxyl groups is 2. The molecule has 0 aliphatic carbocycles. The lowest BCUT2D eigenvalue weighted by molar-refractivity contribution is -0.0625. The number of para-hydroxylation sites is 1. The molecule has 2 amide bonds. The van der Waals surface area contributed by atoms with Crippen molar-refractivity contribution in [2.24, 2.45) is 4.99 Å². The number of nitrogens with zero attached hydrogens (tertiary/aromatic N) is 4. The van der Waals surface area contributed by atoms with Crippen molar-refractivity contribution in [3.05, 3.63) is 68.9 Å². The Bertz CT molecular complexity index is 1570. The van der Waals surface area contributed by atoms with Crippen LogP contribution in [0.5, 0.6) is 0 Å². The van der Waals surface area contributed by atoms with Gasteiger partial charge in [-0.3, -0.25) is 14.9 Å². The van der Waals surface area contributed by atoms with Gasteiger partial charge in [-0.25, -0.2) is 4.99 Å². The number of likely N-dealkylation sites (tertiary alicyclic amines) is 1. The number of nitrogens with one attached hydrogen (secondary N) is 2. The van der Waals surface area contributed by atoms with Crippen LogP contribution in [0.2, 0.25) is 10.0 Å². The van der Waals surface area contributed by atoms with E-state index in [0.717, 1.165) is 11.8 Å². The number of aliphatic imine (C=N–C) groups is 1. The monoisotopic (exact) mass is 628 g/mol. The molecule has 2 aliphatic rings. The van der Waals surface area contributed by atoms with Crippen LogP contribution in [0.3, 0.4) is 0 Å². The first-order valence-corrected chi connectivity index (χ1v) is 14.4. The quantitative estimate of drug-likeness (QED) is 0.101. The van der Waals surface area contributed by atoms with Gasteiger partial charge in [-0.05, 0) is 42.2 Å². The fourth-order valence-corrected chi connectivity index (χ4v) is 6.06. The van der Waals surface area contributed by atoms with Gasteiger partial charge in [-0.2, -0.15) is 5.26 Å². The zero-order valence-electron chi connectivity index (χ0n) is 23.2. The molecule has 3 heterocycles. The first kappa shape index (κ1) is 30.6. The van der Waals surface area contributed by atoms with Crippen molar-refractivity contribution in [2.45, 2.75) is 37.8 Å². The Hall–Kier alpha value is -3.86. The fraction of sp³-hybridized carbons (Fsp3) is 0.379. The van der Waals surface area contributed by atoms with Crippen LogP contribution in [-0.2, 0) is 17.7 Å². The molecule has 1 saturated heterocycles. The third-order valence-electron chi connectivity index (χ3n) is 7.62. The molecule has 43 heavy (non-hydrogen) atoms. The SMILES string of the molecule is CO[C@H]1CCN(C(=NC[C@H](NC(=O)c2c(Cl)cc3c(c2Cl)CCN(C(=O)c2cc4ccccc4o2)C3)C(O)O)NC#N)C1. The minimum absolute atomic E-state index is 0.0200. The summed E-state index contributed by atoms with van der Waals surface area (Å²) in [6, 6.07) is 9.43. The molecule has 0 radical (unpaired) electrons. The Labute approximate surface area is 257 Å². The number of halogens is 2. The molecule has 0 bridgehead atoms. The Morgan fingerprint density at radius 2 is 2.02 bits per heavy atom. The molecule has 0 saturated carbocycles. The number of methoxy groups -OCH3 is 1. The van der Waals surface area contributed by atoms with Crippen LogP contribution in [0.4, 0.5) is 0 Å². The third-order valence-corrected chi connectivity index (χ3v) is 8.33. The van der Waals surface area contributed by atoms with E-state index in [4.69, 9.17) is 37.6 Å². The Balaban J connectivity index is 1.30. The second-order valence-electron chi connectivity index (χ2n) is 10.3. The number of hydrogen-bond acceptors (Lipinski definition) is 8. The lowest BCUT2D eigenvalue weighted by Crippen LogP contribution is -2.47. The number of ether oxygens (including phenoxy) is 1.